The summed E-state index contributed by atoms with van der Waals surface area (Å²) in [6.07, 6.45) is 2.31. The molecular weight excluding hydrogens is 412 g/mol. The summed E-state index contributed by atoms with van der Waals surface area (Å²) in [5.74, 6) is 0.726. The van der Waals surface area contributed by atoms with Crippen molar-refractivity contribution in [2.75, 3.05) is 13.2 Å². The van der Waals surface area contributed by atoms with Gasteiger partial charge in [-0.3, -0.25) is 4.79 Å². The zero-order valence-corrected chi connectivity index (χ0v) is 16.8. The molecule has 2 aromatic rings. The van der Waals surface area contributed by atoms with Crippen molar-refractivity contribution in [1.82, 2.24) is 9.97 Å². The maximum Gasteiger partial charge on any atom is 0.310 e. The first-order valence-corrected chi connectivity index (χ1v) is 9.19. The number of hydrogen-bond acceptors (Lipinski definition) is 7. The highest BCUT2D eigenvalue weighted by Gasteiger charge is 2.56. The fraction of sp³-hybridized carbons (Fsp3) is 0.333. The molecule has 7 nitrogen and oxygen atoms in total. The molecule has 2 N–H and O–H groups in total. The number of carbonyl (C=O) groups excluding carboxylic acids is 1. The molecule has 0 amide bonds. The molecule has 0 spiro atoms. The second-order valence-electron chi connectivity index (χ2n) is 6.88. The van der Waals surface area contributed by atoms with Gasteiger partial charge in [0.15, 0.2) is 24.5 Å². The van der Waals surface area contributed by atoms with Gasteiger partial charge < -0.3 is 15.2 Å². The fourth-order valence-corrected chi connectivity index (χ4v) is 2.95. The molecule has 3 rings (SSSR count). The molecule has 10 heteroatoms. The third-order valence-electron chi connectivity index (χ3n) is 4.75. The average molecular weight is 431 g/mol. The van der Waals surface area contributed by atoms with Gasteiger partial charge in [0, 0.05) is 12.0 Å². The predicted octanol–water partition coefficient (Wildman–Crippen LogP) is 2.64. The minimum Gasteiger partial charge on any atom is -0.463 e. The van der Waals surface area contributed by atoms with Crippen LogP contribution in [0.25, 0.3) is 0 Å². The standard InChI is InChI=1S/C21H19F3N4O3/c1-3-4-7-30-18-11-26-16(10-27-18)17(29)9-13-5-6-15(22)14(8-13)20(2)21(23,24)12-31-19(25)28-20/h5-6,8,10-11H,7,9,12H2,1-2H3,(H2,25,28)/t20-/m1/s1/i1-1. The van der Waals surface area contributed by atoms with Crippen LogP contribution in [0.5, 0.6) is 5.88 Å². The number of benzene rings is 1. The Morgan fingerprint density at radius 2 is 2.10 bits per heavy atom. The number of Topliss-reactive ketones (excluding diaryl/α,β-unsaturated/α-hetero) is 1. The first kappa shape index (κ1) is 22.1. The van der Waals surface area contributed by atoms with Crippen LogP contribution in [0.3, 0.4) is 0 Å². The van der Waals surface area contributed by atoms with Crippen LogP contribution < -0.4 is 10.5 Å². The number of aliphatic imine (C=N–C) groups is 1. The number of nitrogens with two attached hydrogens (primary N) is 1. The Bertz CT molecular complexity index is 1080. The lowest BCUT2D eigenvalue weighted by molar-refractivity contribution is -0.117. The van der Waals surface area contributed by atoms with Crippen molar-refractivity contribution in [3.63, 3.8) is 0 Å². The molecule has 0 aliphatic carbocycles. The molecule has 0 bridgehead atoms. The van der Waals surface area contributed by atoms with Crippen molar-refractivity contribution < 1.29 is 27.4 Å². The molecule has 2 heterocycles. The number of rotatable bonds is 6. The lowest BCUT2D eigenvalue weighted by Gasteiger charge is -2.37. The Hall–Kier alpha value is -3.61. The first-order valence-electron chi connectivity index (χ1n) is 9.19. The Balaban J connectivity index is 1.83. The SMILES string of the molecule is C[C@]1(c2cc(CC(=O)c3cnc(OCC#C[11CH3])cn3)ccc2F)N=C(N)OCC1(F)F. The Kier molecular flexibility index (Phi) is 6.15. The van der Waals surface area contributed by atoms with Crippen LogP contribution in [-0.4, -0.2) is 40.9 Å². The Morgan fingerprint density at radius 1 is 1.32 bits per heavy atom. The van der Waals surface area contributed by atoms with Gasteiger partial charge in [-0.05, 0) is 31.5 Å². The maximum absolute atomic E-state index is 14.5. The highest BCUT2D eigenvalue weighted by Crippen LogP contribution is 2.44. The number of carbonyl (C=O) groups is 1. The van der Waals surface area contributed by atoms with Gasteiger partial charge in [0.25, 0.3) is 6.02 Å². The van der Waals surface area contributed by atoms with Gasteiger partial charge in [-0.15, -0.1) is 5.92 Å². The zero-order valence-electron chi connectivity index (χ0n) is 16.8. The van der Waals surface area contributed by atoms with E-state index in [9.17, 15) is 18.0 Å². The molecule has 162 valence electrons. The number of halogens is 3. The van der Waals surface area contributed by atoms with Crippen LogP contribution in [0.4, 0.5) is 13.2 Å². The third kappa shape index (κ3) is 4.60. The number of amidine groups is 1. The van der Waals surface area contributed by atoms with Crippen molar-refractivity contribution in [2.45, 2.75) is 31.7 Å². The van der Waals surface area contributed by atoms with Crippen LogP contribution >= 0.6 is 0 Å². The van der Waals surface area contributed by atoms with E-state index in [4.69, 9.17) is 10.5 Å². The van der Waals surface area contributed by atoms with E-state index in [1.807, 2.05) is 0 Å². The third-order valence-corrected chi connectivity index (χ3v) is 4.75. The zero-order chi connectivity index (χ0) is 22.6. The number of aromatic nitrogens is 2. The van der Waals surface area contributed by atoms with Crippen molar-refractivity contribution in [3.8, 4) is 17.7 Å². The Labute approximate surface area is 176 Å². The Morgan fingerprint density at radius 3 is 2.77 bits per heavy atom. The molecule has 0 unspecified atom stereocenters. The number of hydrogen-bond donors (Lipinski definition) is 1. The van der Waals surface area contributed by atoms with Crippen LogP contribution in [0.2, 0.25) is 0 Å². The van der Waals surface area contributed by atoms with Gasteiger partial charge in [-0.1, -0.05) is 12.0 Å². The molecule has 0 radical (unpaired) electrons. The van der Waals surface area contributed by atoms with E-state index in [-0.39, 0.29) is 30.2 Å². The molecule has 1 aromatic carbocycles. The predicted molar refractivity (Wildman–Crippen MR) is 105 cm³/mol. The van der Waals surface area contributed by atoms with E-state index < -0.39 is 35.7 Å². The molecule has 1 aliphatic rings. The summed E-state index contributed by atoms with van der Waals surface area (Å²) in [5, 5.41) is 0. The molecule has 1 aromatic heterocycles. The minimum absolute atomic E-state index is 0.0460. The number of ether oxygens (including phenoxy) is 2. The van der Waals surface area contributed by atoms with Gasteiger partial charge in [0.05, 0.1) is 12.4 Å². The summed E-state index contributed by atoms with van der Waals surface area (Å²) in [7, 11) is 0. The highest BCUT2D eigenvalue weighted by atomic mass is 19.3. The highest BCUT2D eigenvalue weighted by molar-refractivity contribution is 5.95. The monoisotopic (exact) mass is 431 g/mol. The number of nitrogens with zero attached hydrogens (tertiary/aromatic N) is 3. The van der Waals surface area contributed by atoms with E-state index in [1.165, 1.54) is 24.5 Å². The van der Waals surface area contributed by atoms with E-state index in [1.54, 1.807) is 6.92 Å². The van der Waals surface area contributed by atoms with Gasteiger partial charge in [-0.25, -0.2) is 19.4 Å². The van der Waals surface area contributed by atoms with Crippen molar-refractivity contribution >= 4 is 11.8 Å². The van der Waals surface area contributed by atoms with Gasteiger partial charge in [0.2, 0.25) is 5.88 Å². The second-order valence-corrected chi connectivity index (χ2v) is 6.88. The molecule has 31 heavy (non-hydrogen) atoms. The number of alkyl halides is 2. The van der Waals surface area contributed by atoms with Crippen LogP contribution in [0.1, 0.15) is 35.5 Å². The second kappa shape index (κ2) is 8.63. The van der Waals surface area contributed by atoms with Gasteiger partial charge in [0.1, 0.15) is 11.5 Å². The summed E-state index contributed by atoms with van der Waals surface area (Å²) in [4.78, 5) is 24.2. The molecule has 1 atom stereocenters. The van der Waals surface area contributed by atoms with Crippen LogP contribution in [0, 0.1) is 17.7 Å². The van der Waals surface area contributed by atoms with E-state index in [0.717, 1.165) is 13.0 Å². The first-order chi connectivity index (χ1) is 14.7. The topological polar surface area (TPSA) is 99.7 Å². The summed E-state index contributed by atoms with van der Waals surface area (Å²) < 4.78 is 53.4. The summed E-state index contributed by atoms with van der Waals surface area (Å²) >= 11 is 0. The van der Waals surface area contributed by atoms with Gasteiger partial charge in [-0.2, -0.15) is 8.78 Å². The summed E-state index contributed by atoms with van der Waals surface area (Å²) in [6, 6.07) is 3.06. The fourth-order valence-electron chi connectivity index (χ4n) is 2.95. The summed E-state index contributed by atoms with van der Waals surface area (Å²) in [6.45, 7) is 1.84. The molecule has 0 saturated heterocycles. The summed E-state index contributed by atoms with van der Waals surface area (Å²) in [5.41, 5.74) is 3.13. The minimum atomic E-state index is -3.51. The maximum atomic E-state index is 14.5. The largest absolute Gasteiger partial charge is 0.463 e. The molecule has 1 aliphatic heterocycles. The molecule has 0 fully saturated rings. The smallest absolute Gasteiger partial charge is 0.310 e. The van der Waals surface area contributed by atoms with Crippen LogP contribution in [-0.2, 0) is 16.7 Å². The average Bonchev–Trinajstić information content (AvgIpc) is 2.73. The van der Waals surface area contributed by atoms with Crippen LogP contribution in [0.15, 0.2) is 35.6 Å². The van der Waals surface area contributed by atoms with Crippen molar-refractivity contribution in [3.05, 3.63) is 53.2 Å². The quantitative estimate of drug-likeness (QED) is 0.558. The van der Waals surface area contributed by atoms with Crippen molar-refractivity contribution in [1.29, 1.82) is 0 Å². The van der Waals surface area contributed by atoms with E-state index in [2.05, 4.69) is 31.5 Å². The number of ketones is 1. The van der Waals surface area contributed by atoms with Gasteiger partial charge >= 0.3 is 5.92 Å². The van der Waals surface area contributed by atoms with Crippen molar-refractivity contribution in [2.24, 2.45) is 10.7 Å². The molecular formula is C21H19F3N4O3. The molecule has 0 saturated carbocycles. The normalized spacial score (nSPS) is 19.5. The van der Waals surface area contributed by atoms with E-state index in [0.29, 0.717) is 5.56 Å². The lowest BCUT2D eigenvalue weighted by atomic mass is 9.84. The van der Waals surface area contributed by atoms with E-state index >= 15 is 0 Å². The lowest BCUT2D eigenvalue weighted by Crippen LogP contribution is -2.51.